The third-order valence-corrected chi connectivity index (χ3v) is 3.87. The smallest absolute Gasteiger partial charge is 0.0386 e. The molecule has 1 unspecified atom stereocenters. The summed E-state index contributed by atoms with van der Waals surface area (Å²) in [5, 5.41) is 4.88. The van der Waals surface area contributed by atoms with E-state index in [9.17, 15) is 0 Å². The zero-order valence-corrected chi connectivity index (χ0v) is 10.1. The highest BCUT2D eigenvalue weighted by atomic mass is 32.1. The van der Waals surface area contributed by atoms with Crippen LogP contribution in [0, 0.1) is 0 Å². The van der Waals surface area contributed by atoms with Crippen LogP contribution in [-0.4, -0.2) is 6.54 Å². The molecule has 1 nitrogen and oxygen atoms in total. The van der Waals surface area contributed by atoms with Crippen molar-refractivity contribution in [3.8, 4) is 0 Å². The van der Waals surface area contributed by atoms with Gasteiger partial charge in [-0.2, -0.15) is 0 Å². The van der Waals surface area contributed by atoms with E-state index in [1.165, 1.54) is 21.4 Å². The molecule has 0 amide bonds. The Morgan fingerprint density at radius 2 is 2.13 bits per heavy atom. The van der Waals surface area contributed by atoms with E-state index in [2.05, 4.69) is 49.5 Å². The molecule has 0 saturated heterocycles. The van der Waals surface area contributed by atoms with Crippen molar-refractivity contribution in [1.29, 1.82) is 0 Å². The van der Waals surface area contributed by atoms with Gasteiger partial charge in [-0.05, 0) is 37.4 Å². The molecular weight excluding hydrogens is 202 g/mol. The van der Waals surface area contributed by atoms with E-state index in [0.29, 0.717) is 6.04 Å². The highest BCUT2D eigenvalue weighted by molar-refractivity contribution is 7.19. The Balaban J connectivity index is 2.20. The lowest BCUT2D eigenvalue weighted by Crippen LogP contribution is -2.18. The highest BCUT2D eigenvalue weighted by Gasteiger charge is 2.07. The van der Waals surface area contributed by atoms with Gasteiger partial charge in [0, 0.05) is 15.6 Å². The van der Waals surface area contributed by atoms with Crippen molar-refractivity contribution in [2.24, 2.45) is 0 Å². The Morgan fingerprint density at radius 3 is 2.87 bits per heavy atom. The summed E-state index contributed by atoms with van der Waals surface area (Å²) in [4.78, 5) is 1.43. The van der Waals surface area contributed by atoms with Crippen LogP contribution >= 0.6 is 11.3 Å². The molecule has 0 aliphatic heterocycles. The summed E-state index contributed by atoms with van der Waals surface area (Å²) < 4.78 is 1.39. The molecule has 0 spiro atoms. The molecule has 1 aromatic heterocycles. The average Bonchev–Trinajstić information content (AvgIpc) is 2.69. The lowest BCUT2D eigenvalue weighted by molar-refractivity contribution is 0.578. The predicted molar refractivity (Wildman–Crippen MR) is 68.5 cm³/mol. The molecular formula is C13H17NS. The van der Waals surface area contributed by atoms with Crippen LogP contribution < -0.4 is 5.32 Å². The summed E-state index contributed by atoms with van der Waals surface area (Å²) in [5.74, 6) is 0. The zero-order chi connectivity index (χ0) is 10.7. The minimum absolute atomic E-state index is 0.474. The fourth-order valence-electron chi connectivity index (χ4n) is 1.68. The van der Waals surface area contributed by atoms with Gasteiger partial charge in [0.05, 0.1) is 0 Å². The first-order valence-electron chi connectivity index (χ1n) is 5.53. The maximum absolute atomic E-state index is 3.52. The number of nitrogens with one attached hydrogen (secondary N) is 1. The van der Waals surface area contributed by atoms with Gasteiger partial charge in [-0.25, -0.2) is 0 Å². The summed E-state index contributed by atoms with van der Waals surface area (Å²) in [7, 11) is 0. The van der Waals surface area contributed by atoms with Gasteiger partial charge >= 0.3 is 0 Å². The number of benzene rings is 1. The molecule has 0 fully saturated rings. The standard InChI is InChI=1S/C13H17NS/c1-3-8-14-10(2)13-9-11-6-4-5-7-12(11)15-13/h4-7,9-10,14H,3,8H2,1-2H3. The van der Waals surface area contributed by atoms with Gasteiger partial charge in [0.15, 0.2) is 0 Å². The summed E-state index contributed by atoms with van der Waals surface area (Å²) >= 11 is 1.89. The summed E-state index contributed by atoms with van der Waals surface area (Å²) in [6.45, 7) is 5.53. The fraction of sp³-hybridized carbons (Fsp3) is 0.385. The normalized spacial score (nSPS) is 13.2. The van der Waals surface area contributed by atoms with Gasteiger partial charge in [0.1, 0.15) is 0 Å². The van der Waals surface area contributed by atoms with E-state index < -0.39 is 0 Å². The van der Waals surface area contributed by atoms with Crippen molar-refractivity contribution >= 4 is 21.4 Å². The molecule has 2 heteroatoms. The molecule has 1 aromatic carbocycles. The van der Waals surface area contributed by atoms with Gasteiger partial charge < -0.3 is 5.32 Å². The lowest BCUT2D eigenvalue weighted by Gasteiger charge is -2.10. The maximum Gasteiger partial charge on any atom is 0.0386 e. The topological polar surface area (TPSA) is 12.0 Å². The van der Waals surface area contributed by atoms with Crippen LogP contribution in [0.2, 0.25) is 0 Å². The van der Waals surface area contributed by atoms with Crippen LogP contribution in [0.3, 0.4) is 0 Å². The summed E-state index contributed by atoms with van der Waals surface area (Å²) in [5.41, 5.74) is 0. The lowest BCUT2D eigenvalue weighted by atomic mass is 10.2. The fourth-order valence-corrected chi connectivity index (χ4v) is 2.77. The van der Waals surface area contributed by atoms with Crippen molar-refractivity contribution in [3.63, 3.8) is 0 Å². The van der Waals surface area contributed by atoms with Crippen LogP contribution in [0.1, 0.15) is 31.2 Å². The van der Waals surface area contributed by atoms with Gasteiger partial charge in [-0.15, -0.1) is 11.3 Å². The van der Waals surface area contributed by atoms with Gasteiger partial charge in [0.25, 0.3) is 0 Å². The molecule has 0 bridgehead atoms. The molecule has 0 aliphatic carbocycles. The molecule has 2 rings (SSSR count). The molecule has 1 heterocycles. The summed E-state index contributed by atoms with van der Waals surface area (Å²) in [6, 6.07) is 11.4. The second-order valence-corrected chi connectivity index (χ2v) is 4.98. The molecule has 1 atom stereocenters. The van der Waals surface area contributed by atoms with E-state index in [1.807, 2.05) is 11.3 Å². The van der Waals surface area contributed by atoms with Gasteiger partial charge in [-0.3, -0.25) is 0 Å². The number of thiophene rings is 1. The van der Waals surface area contributed by atoms with E-state index in [0.717, 1.165) is 6.54 Å². The maximum atomic E-state index is 3.52. The van der Waals surface area contributed by atoms with Crippen molar-refractivity contribution in [1.82, 2.24) is 5.32 Å². The molecule has 0 aliphatic rings. The van der Waals surface area contributed by atoms with Crippen LogP contribution in [0.15, 0.2) is 30.3 Å². The zero-order valence-electron chi connectivity index (χ0n) is 9.29. The number of rotatable bonds is 4. The van der Waals surface area contributed by atoms with Crippen LogP contribution in [0.5, 0.6) is 0 Å². The number of hydrogen-bond donors (Lipinski definition) is 1. The van der Waals surface area contributed by atoms with Crippen molar-refractivity contribution in [2.75, 3.05) is 6.54 Å². The minimum atomic E-state index is 0.474. The SMILES string of the molecule is CCCNC(C)c1cc2ccccc2s1. The first-order valence-corrected chi connectivity index (χ1v) is 6.34. The number of fused-ring (bicyclic) bond motifs is 1. The third-order valence-electron chi connectivity index (χ3n) is 2.57. The van der Waals surface area contributed by atoms with E-state index in [-0.39, 0.29) is 0 Å². The second kappa shape index (κ2) is 4.77. The first-order chi connectivity index (χ1) is 7.31. The quantitative estimate of drug-likeness (QED) is 0.820. The minimum Gasteiger partial charge on any atom is -0.309 e. The largest absolute Gasteiger partial charge is 0.309 e. The van der Waals surface area contributed by atoms with E-state index >= 15 is 0 Å². The Kier molecular flexibility index (Phi) is 3.39. The summed E-state index contributed by atoms with van der Waals surface area (Å²) in [6.07, 6.45) is 1.19. The number of hydrogen-bond acceptors (Lipinski definition) is 2. The van der Waals surface area contributed by atoms with Crippen LogP contribution in [0.4, 0.5) is 0 Å². The van der Waals surface area contributed by atoms with E-state index in [1.54, 1.807) is 0 Å². The molecule has 1 N–H and O–H groups in total. The molecule has 2 aromatic rings. The Labute approximate surface area is 95.1 Å². The molecule has 15 heavy (non-hydrogen) atoms. The van der Waals surface area contributed by atoms with Crippen molar-refractivity contribution in [3.05, 3.63) is 35.2 Å². The van der Waals surface area contributed by atoms with Gasteiger partial charge in [0.2, 0.25) is 0 Å². The van der Waals surface area contributed by atoms with Gasteiger partial charge in [-0.1, -0.05) is 25.1 Å². The van der Waals surface area contributed by atoms with Crippen molar-refractivity contribution < 1.29 is 0 Å². The van der Waals surface area contributed by atoms with E-state index in [4.69, 9.17) is 0 Å². The monoisotopic (exact) mass is 219 g/mol. The highest BCUT2D eigenvalue weighted by Crippen LogP contribution is 2.29. The average molecular weight is 219 g/mol. The molecule has 0 saturated carbocycles. The Morgan fingerprint density at radius 1 is 1.33 bits per heavy atom. The Hall–Kier alpha value is -0.860. The second-order valence-electron chi connectivity index (χ2n) is 3.86. The van der Waals surface area contributed by atoms with Crippen LogP contribution in [0.25, 0.3) is 10.1 Å². The predicted octanol–water partition coefficient (Wildman–Crippen LogP) is 3.96. The van der Waals surface area contributed by atoms with Crippen molar-refractivity contribution in [2.45, 2.75) is 26.3 Å². The molecule has 0 radical (unpaired) electrons. The molecule has 80 valence electrons. The Bertz CT molecular complexity index is 400. The van der Waals surface area contributed by atoms with Crippen LogP contribution in [-0.2, 0) is 0 Å². The first kappa shape index (κ1) is 10.7. The third kappa shape index (κ3) is 2.39.